The van der Waals surface area contributed by atoms with E-state index in [9.17, 15) is 19.2 Å². The zero-order chi connectivity index (χ0) is 47.4. The van der Waals surface area contributed by atoms with Crippen molar-refractivity contribution in [2.45, 2.75) is 103 Å². The molecule has 0 radical (unpaired) electrons. The van der Waals surface area contributed by atoms with E-state index in [2.05, 4.69) is 44.1 Å². The lowest BCUT2D eigenvalue weighted by Crippen LogP contribution is -2.39. The molecule has 2 aliphatic heterocycles. The number of nitrogens with two attached hydrogens (primary N) is 2. The molecule has 14 heteroatoms. The molecule has 3 aliphatic rings. The summed E-state index contributed by atoms with van der Waals surface area (Å²) in [6, 6.07) is 28.4. The molecule has 9 rings (SSSR count). The molecule has 1 aliphatic carbocycles. The minimum Gasteiger partial charge on any atom is -0.456 e. The van der Waals surface area contributed by atoms with Crippen LogP contribution >= 0.6 is 11.3 Å². The Labute approximate surface area is 401 Å². The van der Waals surface area contributed by atoms with Crippen LogP contribution in [0, 0.1) is 12.8 Å². The second kappa shape index (κ2) is 20.3. The van der Waals surface area contributed by atoms with Gasteiger partial charge in [0.15, 0.2) is 5.60 Å². The molecule has 2 aromatic heterocycles. The van der Waals surface area contributed by atoms with Crippen LogP contribution in [0.3, 0.4) is 0 Å². The third-order valence-electron chi connectivity index (χ3n) is 13.8. The second-order valence-corrected chi connectivity index (χ2v) is 19.4. The number of carbonyl (C=O) groups excluding carboxylic acids is 4. The number of carbonyl (C=O) groups is 4. The number of nitrogens with one attached hydrogen (secondary N) is 3. The van der Waals surface area contributed by atoms with E-state index in [1.165, 1.54) is 4.70 Å². The van der Waals surface area contributed by atoms with Crippen LogP contribution in [-0.2, 0) is 33.0 Å². The van der Waals surface area contributed by atoms with Gasteiger partial charge in [0.1, 0.15) is 18.0 Å². The molecule has 0 saturated heterocycles. The summed E-state index contributed by atoms with van der Waals surface area (Å²) >= 11 is 1.70. The lowest BCUT2D eigenvalue weighted by molar-refractivity contribution is -0.126. The highest BCUT2D eigenvalue weighted by molar-refractivity contribution is 7.17. The molecule has 13 nitrogen and oxygen atoms in total. The number of hydrogen-bond acceptors (Lipinski definition) is 10. The Morgan fingerprint density at radius 2 is 1.47 bits per heavy atom. The fraction of sp³-hybridized carbons (Fsp3) is 0.370. The smallest absolute Gasteiger partial charge is 0.340 e. The van der Waals surface area contributed by atoms with Crippen LogP contribution in [0.4, 0.5) is 17.1 Å². The number of aryl methyl sites for hydroxylation is 1. The fourth-order valence-corrected chi connectivity index (χ4v) is 11.1. The number of ether oxygens (including phenoxy) is 2. The first-order chi connectivity index (χ1) is 33.0. The van der Waals surface area contributed by atoms with Crippen molar-refractivity contribution in [1.82, 2.24) is 20.5 Å². The number of unbranched alkanes of at least 4 members (excludes halogenated alkanes) is 5. The third-order valence-corrected chi connectivity index (χ3v) is 14.7. The molecule has 0 unspecified atom stereocenters. The zero-order valence-corrected chi connectivity index (χ0v) is 39.7. The first-order valence-corrected chi connectivity index (χ1v) is 25.0. The Hall–Kier alpha value is -6.64. The first-order valence-electron chi connectivity index (χ1n) is 24.1. The van der Waals surface area contributed by atoms with E-state index < -0.39 is 11.6 Å². The van der Waals surface area contributed by atoms with E-state index in [-0.39, 0.29) is 30.2 Å². The summed E-state index contributed by atoms with van der Waals surface area (Å²) in [5, 5.41) is 12.0. The highest BCUT2D eigenvalue weighted by atomic mass is 32.1. The molecule has 3 amide bonds. The van der Waals surface area contributed by atoms with Crippen molar-refractivity contribution in [1.29, 1.82) is 0 Å². The third kappa shape index (κ3) is 9.57. The summed E-state index contributed by atoms with van der Waals surface area (Å²) in [6.45, 7) is 6.84. The highest BCUT2D eigenvalue weighted by Crippen LogP contribution is 2.56. The maximum Gasteiger partial charge on any atom is 0.340 e. The number of nitrogen functional groups attached to an aromatic ring is 2. The van der Waals surface area contributed by atoms with Gasteiger partial charge in [0.25, 0.3) is 5.91 Å². The summed E-state index contributed by atoms with van der Waals surface area (Å²) in [5.41, 5.74) is 18.8. The van der Waals surface area contributed by atoms with Crippen LogP contribution in [0.25, 0.3) is 10.2 Å². The zero-order valence-electron chi connectivity index (χ0n) is 38.9. The highest BCUT2D eigenvalue weighted by Gasteiger charge is 2.53. The van der Waals surface area contributed by atoms with Gasteiger partial charge in [-0.3, -0.25) is 14.4 Å². The van der Waals surface area contributed by atoms with E-state index in [1.807, 2.05) is 36.9 Å². The number of fused-ring (bicyclic) bond motifs is 7. The molecule has 354 valence electrons. The van der Waals surface area contributed by atoms with E-state index >= 15 is 0 Å². The van der Waals surface area contributed by atoms with Crippen molar-refractivity contribution in [3.63, 3.8) is 0 Å². The number of thiophene rings is 1. The Morgan fingerprint density at radius 3 is 2.16 bits per heavy atom. The number of nitrogens with zero attached hydrogens (tertiary/aromatic N) is 2. The normalized spacial score (nSPS) is 16.6. The standard InChI is InChI=1S/C54H61N7O6S/c1-3-60(40-12-10-11-34(2)27-40)50(62)33-61-41(31-49-46(61)23-26-68-49)32-59-39-18-13-35(14-19-39)51(63)57-24-8-6-4-5-7-9-25-58-52(64)36-15-20-43-42(28-36)53(65)67-54(43)44-21-16-37(55)29-47(44)66-48-30-38(56)17-22-45(48)54/h10-12,15-17,20-23,26-31,35,39,59H,3-9,13-14,18-19,24-25,32-33,55-56H2,1-2H3,(H,57,63)(H,58,64). The number of amides is 3. The largest absolute Gasteiger partial charge is 0.456 e. The minimum absolute atomic E-state index is 0.0431. The summed E-state index contributed by atoms with van der Waals surface area (Å²) in [4.78, 5) is 55.3. The predicted molar refractivity (Wildman–Crippen MR) is 268 cm³/mol. The van der Waals surface area contributed by atoms with Gasteiger partial charge in [0.2, 0.25) is 11.8 Å². The number of rotatable bonds is 18. The van der Waals surface area contributed by atoms with Crippen molar-refractivity contribution in [2.24, 2.45) is 5.92 Å². The number of benzene rings is 4. The quantitative estimate of drug-likeness (QED) is 0.0319. The Kier molecular flexibility index (Phi) is 13.9. The van der Waals surface area contributed by atoms with Crippen LogP contribution in [0.15, 0.2) is 96.4 Å². The number of likely N-dealkylation sites (N-methyl/N-ethyl adjacent to an activating group) is 1. The number of esters is 1. The molecule has 1 spiro atoms. The van der Waals surface area contributed by atoms with Crippen molar-refractivity contribution in [2.75, 3.05) is 36.0 Å². The summed E-state index contributed by atoms with van der Waals surface area (Å²) in [7, 11) is 0. The van der Waals surface area contributed by atoms with Gasteiger partial charge in [-0.1, -0.05) is 43.9 Å². The molecule has 6 aromatic rings. The summed E-state index contributed by atoms with van der Waals surface area (Å²) < 4.78 is 15.7. The van der Waals surface area contributed by atoms with E-state index in [0.717, 1.165) is 86.7 Å². The Balaban J connectivity index is 0.660. The van der Waals surface area contributed by atoms with Crippen LogP contribution < -0.4 is 37.1 Å². The topological polar surface area (TPSA) is 183 Å². The van der Waals surface area contributed by atoms with Gasteiger partial charge in [-0.15, -0.1) is 11.3 Å². The fourth-order valence-electron chi connectivity index (χ4n) is 10.2. The lowest BCUT2D eigenvalue weighted by Gasteiger charge is -2.36. The van der Waals surface area contributed by atoms with Crippen molar-refractivity contribution in [3.05, 3.63) is 135 Å². The molecule has 0 bridgehead atoms. The molecule has 4 heterocycles. The van der Waals surface area contributed by atoms with Gasteiger partial charge in [0, 0.05) is 95.3 Å². The number of anilines is 3. The van der Waals surface area contributed by atoms with Crippen LogP contribution in [-0.4, -0.2) is 53.9 Å². The van der Waals surface area contributed by atoms with E-state index in [1.54, 1.807) is 65.9 Å². The Bertz CT molecular complexity index is 2790. The SMILES string of the molecule is CCN(C(=O)Cn1c(CNC2CCC(C(=O)NCCCCCCCCNC(=O)c3ccc4c(c3)C(=O)OC43c4ccc(N)cc4Oc4cc(N)ccc43)CC2)cc2sccc21)c1cccc(C)c1. The molecule has 1 fully saturated rings. The van der Waals surface area contributed by atoms with Gasteiger partial charge in [-0.05, 0) is 124 Å². The van der Waals surface area contributed by atoms with Gasteiger partial charge in [-0.25, -0.2) is 4.79 Å². The van der Waals surface area contributed by atoms with E-state index in [4.69, 9.17) is 20.9 Å². The van der Waals surface area contributed by atoms with Crippen molar-refractivity contribution < 1.29 is 28.7 Å². The van der Waals surface area contributed by atoms with Crippen molar-refractivity contribution >= 4 is 62.3 Å². The molecule has 1 saturated carbocycles. The number of hydrogen-bond donors (Lipinski definition) is 5. The Morgan fingerprint density at radius 1 is 0.794 bits per heavy atom. The molecule has 4 aromatic carbocycles. The second-order valence-electron chi connectivity index (χ2n) is 18.4. The summed E-state index contributed by atoms with van der Waals surface area (Å²) in [6.07, 6.45) is 9.51. The average molecular weight is 936 g/mol. The van der Waals surface area contributed by atoms with Crippen LogP contribution in [0.2, 0.25) is 0 Å². The van der Waals surface area contributed by atoms with Gasteiger partial charge in [0.05, 0.1) is 15.8 Å². The first kappa shape index (κ1) is 46.5. The average Bonchev–Trinajstić information content (AvgIpc) is 4.01. The molecular weight excluding hydrogens is 875 g/mol. The predicted octanol–water partition coefficient (Wildman–Crippen LogP) is 9.33. The minimum atomic E-state index is -1.27. The van der Waals surface area contributed by atoms with Crippen LogP contribution in [0.5, 0.6) is 11.5 Å². The molecular formula is C54H61N7O6S. The monoisotopic (exact) mass is 935 g/mol. The number of aromatic nitrogens is 1. The lowest BCUT2D eigenvalue weighted by atomic mass is 9.77. The van der Waals surface area contributed by atoms with Gasteiger partial charge < -0.3 is 46.4 Å². The van der Waals surface area contributed by atoms with Crippen LogP contribution in [0.1, 0.15) is 120 Å². The summed E-state index contributed by atoms with van der Waals surface area (Å²) in [5.74, 6) is 0.451. The maximum atomic E-state index is 13.6. The van der Waals surface area contributed by atoms with Gasteiger partial charge >= 0.3 is 5.97 Å². The molecule has 0 atom stereocenters. The maximum absolute atomic E-state index is 13.6. The molecule has 68 heavy (non-hydrogen) atoms. The van der Waals surface area contributed by atoms with Gasteiger partial charge in [-0.2, -0.15) is 0 Å². The molecule has 7 N–H and O–H groups in total. The van der Waals surface area contributed by atoms with Crippen molar-refractivity contribution in [3.8, 4) is 11.5 Å². The van der Waals surface area contributed by atoms with E-state index in [0.29, 0.717) is 82.9 Å².